The van der Waals surface area contributed by atoms with Gasteiger partial charge in [0, 0.05) is 19.7 Å². The van der Waals surface area contributed by atoms with E-state index in [1.165, 1.54) is 0 Å². The third kappa shape index (κ3) is 3.69. The van der Waals surface area contributed by atoms with E-state index in [1.54, 1.807) is 0 Å². The molecule has 0 aromatic heterocycles. The zero-order chi connectivity index (χ0) is 8.81. The zero-order valence-corrected chi connectivity index (χ0v) is 7.08. The van der Waals surface area contributed by atoms with Gasteiger partial charge in [-0.05, 0) is 12.3 Å². The first-order chi connectivity index (χ1) is 5.79. The lowest BCUT2D eigenvalue weighted by atomic mass is 10.1. The topological polar surface area (TPSA) is 58.6 Å². The SMILES string of the molecule is O=C(O)CCNCC1CCOC1. The molecular weight excluding hydrogens is 158 g/mol. The molecule has 0 saturated carbocycles. The minimum absolute atomic E-state index is 0.202. The van der Waals surface area contributed by atoms with Crippen molar-refractivity contribution in [3.63, 3.8) is 0 Å². The van der Waals surface area contributed by atoms with Crippen LogP contribution in [0.3, 0.4) is 0 Å². The molecular formula is C8H15NO3. The van der Waals surface area contributed by atoms with Crippen molar-refractivity contribution in [3.8, 4) is 0 Å². The molecule has 4 heteroatoms. The summed E-state index contributed by atoms with van der Waals surface area (Å²) in [6.07, 6.45) is 1.30. The van der Waals surface area contributed by atoms with Gasteiger partial charge >= 0.3 is 5.97 Å². The number of carboxylic acids is 1. The Morgan fingerprint density at radius 2 is 2.50 bits per heavy atom. The van der Waals surface area contributed by atoms with Crippen molar-refractivity contribution in [3.05, 3.63) is 0 Å². The molecule has 1 aliphatic rings. The smallest absolute Gasteiger partial charge is 0.304 e. The van der Waals surface area contributed by atoms with E-state index in [4.69, 9.17) is 9.84 Å². The molecule has 0 amide bonds. The summed E-state index contributed by atoms with van der Waals surface area (Å²) in [7, 11) is 0. The predicted molar refractivity (Wildman–Crippen MR) is 44.0 cm³/mol. The Hall–Kier alpha value is -0.610. The molecule has 1 saturated heterocycles. The number of nitrogens with one attached hydrogen (secondary N) is 1. The number of carboxylic acid groups (broad SMARTS) is 1. The second-order valence-electron chi connectivity index (χ2n) is 3.08. The standard InChI is InChI=1S/C8H15NO3/c10-8(11)1-3-9-5-7-2-4-12-6-7/h7,9H,1-6H2,(H,10,11). The molecule has 12 heavy (non-hydrogen) atoms. The Morgan fingerprint density at radius 3 is 3.08 bits per heavy atom. The molecule has 1 atom stereocenters. The van der Waals surface area contributed by atoms with Gasteiger partial charge in [0.15, 0.2) is 0 Å². The summed E-state index contributed by atoms with van der Waals surface area (Å²) >= 11 is 0. The highest BCUT2D eigenvalue weighted by Crippen LogP contribution is 2.10. The lowest BCUT2D eigenvalue weighted by molar-refractivity contribution is -0.136. The molecule has 4 nitrogen and oxygen atoms in total. The maximum absolute atomic E-state index is 10.1. The third-order valence-corrected chi connectivity index (χ3v) is 1.97. The first-order valence-electron chi connectivity index (χ1n) is 4.29. The summed E-state index contributed by atoms with van der Waals surface area (Å²) in [5.74, 6) is -0.163. The van der Waals surface area contributed by atoms with E-state index in [0.29, 0.717) is 12.5 Å². The summed E-state index contributed by atoms with van der Waals surface area (Å²) in [6, 6.07) is 0. The summed E-state index contributed by atoms with van der Waals surface area (Å²) in [6.45, 7) is 3.12. The summed E-state index contributed by atoms with van der Waals surface area (Å²) in [5.41, 5.74) is 0. The number of carbonyl (C=O) groups is 1. The second kappa shape index (κ2) is 5.11. The van der Waals surface area contributed by atoms with Crippen LogP contribution in [0.15, 0.2) is 0 Å². The van der Waals surface area contributed by atoms with Crippen molar-refractivity contribution in [1.82, 2.24) is 5.32 Å². The van der Waals surface area contributed by atoms with Crippen LogP contribution in [-0.2, 0) is 9.53 Å². The van der Waals surface area contributed by atoms with Gasteiger partial charge in [-0.15, -0.1) is 0 Å². The van der Waals surface area contributed by atoms with Crippen LogP contribution < -0.4 is 5.32 Å². The largest absolute Gasteiger partial charge is 0.481 e. The predicted octanol–water partition coefficient (Wildman–Crippen LogP) is 0.0872. The Labute approximate surface area is 71.9 Å². The number of aliphatic carboxylic acids is 1. The van der Waals surface area contributed by atoms with E-state index in [0.717, 1.165) is 26.2 Å². The second-order valence-corrected chi connectivity index (χ2v) is 3.08. The third-order valence-electron chi connectivity index (χ3n) is 1.97. The van der Waals surface area contributed by atoms with Crippen LogP contribution in [0, 0.1) is 5.92 Å². The first-order valence-corrected chi connectivity index (χ1v) is 4.29. The quantitative estimate of drug-likeness (QED) is 0.578. The van der Waals surface area contributed by atoms with E-state index in [9.17, 15) is 4.79 Å². The molecule has 70 valence electrons. The fourth-order valence-corrected chi connectivity index (χ4v) is 1.25. The van der Waals surface area contributed by atoms with Crippen molar-refractivity contribution >= 4 is 5.97 Å². The molecule has 0 bridgehead atoms. The number of ether oxygens (including phenoxy) is 1. The van der Waals surface area contributed by atoms with Crippen LogP contribution in [0.1, 0.15) is 12.8 Å². The van der Waals surface area contributed by atoms with Crippen molar-refractivity contribution < 1.29 is 14.6 Å². The molecule has 1 aliphatic heterocycles. The van der Waals surface area contributed by atoms with Gasteiger partial charge in [0.2, 0.25) is 0 Å². The van der Waals surface area contributed by atoms with Crippen molar-refractivity contribution in [2.45, 2.75) is 12.8 Å². The highest BCUT2D eigenvalue weighted by molar-refractivity contribution is 5.66. The molecule has 0 spiro atoms. The van der Waals surface area contributed by atoms with Crippen molar-refractivity contribution in [2.75, 3.05) is 26.3 Å². The molecule has 2 N–H and O–H groups in total. The van der Waals surface area contributed by atoms with Gasteiger partial charge in [-0.2, -0.15) is 0 Å². The normalized spacial score (nSPS) is 22.8. The van der Waals surface area contributed by atoms with Crippen LogP contribution in [-0.4, -0.2) is 37.4 Å². The van der Waals surface area contributed by atoms with E-state index < -0.39 is 5.97 Å². The maximum atomic E-state index is 10.1. The summed E-state index contributed by atoms with van der Waals surface area (Å²) in [5, 5.41) is 11.4. The molecule has 0 aromatic carbocycles. The molecule has 1 rings (SSSR count). The fourth-order valence-electron chi connectivity index (χ4n) is 1.25. The average molecular weight is 173 g/mol. The van der Waals surface area contributed by atoms with Crippen molar-refractivity contribution in [2.24, 2.45) is 5.92 Å². The highest BCUT2D eigenvalue weighted by atomic mass is 16.5. The highest BCUT2D eigenvalue weighted by Gasteiger charge is 2.14. The molecule has 0 aromatic rings. The average Bonchev–Trinajstić information content (AvgIpc) is 2.49. The molecule has 0 aliphatic carbocycles. The minimum atomic E-state index is -0.745. The minimum Gasteiger partial charge on any atom is -0.481 e. The van der Waals surface area contributed by atoms with Crippen LogP contribution in [0.25, 0.3) is 0 Å². The Bertz CT molecular complexity index is 143. The van der Waals surface area contributed by atoms with Gasteiger partial charge < -0.3 is 15.2 Å². The number of hydrogen-bond acceptors (Lipinski definition) is 3. The van der Waals surface area contributed by atoms with Gasteiger partial charge in [-0.25, -0.2) is 0 Å². The van der Waals surface area contributed by atoms with E-state index >= 15 is 0 Å². The van der Waals surface area contributed by atoms with E-state index in [2.05, 4.69) is 5.32 Å². The lowest BCUT2D eigenvalue weighted by Gasteiger charge is -2.07. The van der Waals surface area contributed by atoms with Crippen LogP contribution in [0.2, 0.25) is 0 Å². The van der Waals surface area contributed by atoms with Gasteiger partial charge in [-0.1, -0.05) is 0 Å². The molecule has 1 heterocycles. The Kier molecular flexibility index (Phi) is 4.04. The molecule has 0 radical (unpaired) electrons. The van der Waals surface area contributed by atoms with Crippen LogP contribution in [0.5, 0.6) is 0 Å². The van der Waals surface area contributed by atoms with Gasteiger partial charge in [0.05, 0.1) is 13.0 Å². The zero-order valence-electron chi connectivity index (χ0n) is 7.08. The Balaban J connectivity index is 1.91. The lowest BCUT2D eigenvalue weighted by Crippen LogP contribution is -2.25. The van der Waals surface area contributed by atoms with Crippen molar-refractivity contribution in [1.29, 1.82) is 0 Å². The number of hydrogen-bond donors (Lipinski definition) is 2. The van der Waals surface area contributed by atoms with Crippen LogP contribution >= 0.6 is 0 Å². The summed E-state index contributed by atoms with van der Waals surface area (Å²) in [4.78, 5) is 10.1. The first kappa shape index (κ1) is 9.48. The number of rotatable bonds is 5. The molecule has 1 fully saturated rings. The summed E-state index contributed by atoms with van der Waals surface area (Å²) < 4.78 is 5.18. The van der Waals surface area contributed by atoms with Gasteiger partial charge in [0.1, 0.15) is 0 Å². The van der Waals surface area contributed by atoms with Gasteiger partial charge in [-0.3, -0.25) is 4.79 Å². The maximum Gasteiger partial charge on any atom is 0.304 e. The Morgan fingerprint density at radius 1 is 1.67 bits per heavy atom. The monoisotopic (exact) mass is 173 g/mol. The van der Waals surface area contributed by atoms with Gasteiger partial charge in [0.25, 0.3) is 0 Å². The fraction of sp³-hybridized carbons (Fsp3) is 0.875. The van der Waals surface area contributed by atoms with E-state index in [1.807, 2.05) is 0 Å². The molecule has 1 unspecified atom stereocenters. The van der Waals surface area contributed by atoms with E-state index in [-0.39, 0.29) is 6.42 Å². The van der Waals surface area contributed by atoms with Crippen LogP contribution in [0.4, 0.5) is 0 Å².